The first-order valence-electron chi connectivity index (χ1n) is 4.70. The average molecular weight is 182 g/mol. The highest BCUT2D eigenvalue weighted by atomic mass is 16.3. The molecule has 0 amide bonds. The summed E-state index contributed by atoms with van der Waals surface area (Å²) in [5.74, 6) is 1.65. The third-order valence-electron chi connectivity index (χ3n) is 1.92. The monoisotopic (exact) mass is 182 g/mol. The fourth-order valence-corrected chi connectivity index (χ4v) is 1.28. The summed E-state index contributed by atoms with van der Waals surface area (Å²) in [6.07, 6.45) is 1.70. The molecule has 0 aromatic carbocycles. The Kier molecular flexibility index (Phi) is 4.57. The number of nitrogens with one attached hydrogen (secondary N) is 2. The van der Waals surface area contributed by atoms with Gasteiger partial charge in [-0.3, -0.25) is 0 Å². The van der Waals surface area contributed by atoms with Crippen LogP contribution in [-0.2, 0) is 6.54 Å². The maximum Gasteiger partial charge on any atom is 0.117 e. The predicted octanol–water partition coefficient (Wildman–Crippen LogP) is 1.22. The highest BCUT2D eigenvalue weighted by molar-refractivity contribution is 4.97. The minimum Gasteiger partial charge on any atom is -0.468 e. The Hall–Kier alpha value is -0.800. The van der Waals surface area contributed by atoms with Crippen LogP contribution in [0.1, 0.15) is 12.7 Å². The summed E-state index contributed by atoms with van der Waals surface area (Å²) in [6.45, 7) is 5.10. The van der Waals surface area contributed by atoms with Crippen molar-refractivity contribution < 1.29 is 4.42 Å². The number of hydrogen-bond donors (Lipinski definition) is 2. The van der Waals surface area contributed by atoms with Crippen LogP contribution in [0.5, 0.6) is 0 Å². The van der Waals surface area contributed by atoms with E-state index >= 15 is 0 Å². The molecule has 0 aliphatic heterocycles. The second-order valence-electron chi connectivity index (χ2n) is 3.37. The Morgan fingerprint density at radius 1 is 1.46 bits per heavy atom. The van der Waals surface area contributed by atoms with Gasteiger partial charge in [0.15, 0.2) is 0 Å². The molecule has 3 nitrogen and oxygen atoms in total. The van der Waals surface area contributed by atoms with Crippen molar-refractivity contribution in [1.29, 1.82) is 0 Å². The Bertz CT molecular complexity index is 209. The normalized spacial score (nSPS) is 13.1. The number of furan rings is 1. The highest BCUT2D eigenvalue weighted by Gasteiger charge is 2.00. The van der Waals surface area contributed by atoms with Crippen LogP contribution in [0.2, 0.25) is 0 Å². The molecule has 13 heavy (non-hydrogen) atoms. The van der Waals surface area contributed by atoms with Crippen LogP contribution in [0.15, 0.2) is 22.8 Å². The van der Waals surface area contributed by atoms with Crippen LogP contribution in [0.4, 0.5) is 0 Å². The van der Waals surface area contributed by atoms with E-state index in [1.807, 2.05) is 19.2 Å². The summed E-state index contributed by atoms with van der Waals surface area (Å²) < 4.78 is 5.20. The lowest BCUT2D eigenvalue weighted by atomic mass is 10.2. The first-order chi connectivity index (χ1) is 6.33. The van der Waals surface area contributed by atoms with Crippen molar-refractivity contribution in [2.75, 3.05) is 20.1 Å². The van der Waals surface area contributed by atoms with E-state index in [2.05, 4.69) is 17.6 Å². The lowest BCUT2D eigenvalue weighted by molar-refractivity contribution is 0.446. The molecule has 0 saturated heterocycles. The lowest BCUT2D eigenvalue weighted by Gasteiger charge is -2.10. The molecule has 0 aliphatic carbocycles. The first kappa shape index (κ1) is 10.3. The van der Waals surface area contributed by atoms with Gasteiger partial charge in [0.05, 0.1) is 12.8 Å². The average Bonchev–Trinajstić information content (AvgIpc) is 2.57. The van der Waals surface area contributed by atoms with Crippen LogP contribution in [0.25, 0.3) is 0 Å². The molecule has 1 aromatic heterocycles. The number of hydrogen-bond acceptors (Lipinski definition) is 3. The largest absolute Gasteiger partial charge is 0.468 e. The van der Waals surface area contributed by atoms with Gasteiger partial charge in [0.2, 0.25) is 0 Å². The van der Waals surface area contributed by atoms with Gasteiger partial charge >= 0.3 is 0 Å². The summed E-state index contributed by atoms with van der Waals surface area (Å²) in [5, 5.41) is 6.49. The van der Waals surface area contributed by atoms with Gasteiger partial charge in [0.1, 0.15) is 5.76 Å². The van der Waals surface area contributed by atoms with E-state index in [1.54, 1.807) is 6.26 Å². The fraction of sp³-hybridized carbons (Fsp3) is 0.600. The van der Waals surface area contributed by atoms with E-state index in [1.165, 1.54) is 0 Å². The lowest BCUT2D eigenvalue weighted by Crippen LogP contribution is -2.27. The zero-order valence-corrected chi connectivity index (χ0v) is 8.34. The van der Waals surface area contributed by atoms with E-state index < -0.39 is 0 Å². The molecular weight excluding hydrogens is 164 g/mol. The smallest absolute Gasteiger partial charge is 0.117 e. The van der Waals surface area contributed by atoms with Gasteiger partial charge in [-0.25, -0.2) is 0 Å². The van der Waals surface area contributed by atoms with Gasteiger partial charge in [0.25, 0.3) is 0 Å². The van der Waals surface area contributed by atoms with Crippen LogP contribution in [0.3, 0.4) is 0 Å². The molecule has 1 rings (SSSR count). The SMILES string of the molecule is CNCC(C)CNCc1ccco1. The fourth-order valence-electron chi connectivity index (χ4n) is 1.28. The molecule has 0 fully saturated rings. The zero-order chi connectivity index (χ0) is 9.52. The Labute approximate surface area is 79.5 Å². The molecule has 1 unspecified atom stereocenters. The van der Waals surface area contributed by atoms with E-state index in [9.17, 15) is 0 Å². The van der Waals surface area contributed by atoms with Gasteiger partial charge < -0.3 is 15.1 Å². The van der Waals surface area contributed by atoms with Crippen molar-refractivity contribution in [2.45, 2.75) is 13.5 Å². The first-order valence-corrected chi connectivity index (χ1v) is 4.70. The van der Waals surface area contributed by atoms with Gasteiger partial charge in [0, 0.05) is 0 Å². The van der Waals surface area contributed by atoms with Crippen molar-refractivity contribution >= 4 is 0 Å². The Morgan fingerprint density at radius 2 is 2.31 bits per heavy atom. The van der Waals surface area contributed by atoms with Crippen molar-refractivity contribution in [1.82, 2.24) is 10.6 Å². The quantitative estimate of drug-likeness (QED) is 0.694. The van der Waals surface area contributed by atoms with E-state index in [4.69, 9.17) is 4.42 Å². The third-order valence-corrected chi connectivity index (χ3v) is 1.92. The second kappa shape index (κ2) is 5.78. The van der Waals surface area contributed by atoms with E-state index in [0.29, 0.717) is 5.92 Å². The minimum atomic E-state index is 0.653. The summed E-state index contributed by atoms with van der Waals surface area (Å²) in [4.78, 5) is 0. The molecule has 2 N–H and O–H groups in total. The standard InChI is InChI=1S/C10H18N2O/c1-9(6-11-2)7-12-8-10-4-3-5-13-10/h3-5,9,11-12H,6-8H2,1-2H3. The van der Waals surface area contributed by atoms with E-state index in [-0.39, 0.29) is 0 Å². The molecule has 74 valence electrons. The molecule has 0 spiro atoms. The van der Waals surface area contributed by atoms with Crippen molar-refractivity contribution in [3.05, 3.63) is 24.2 Å². The predicted molar refractivity (Wildman–Crippen MR) is 53.5 cm³/mol. The van der Waals surface area contributed by atoms with E-state index in [0.717, 1.165) is 25.4 Å². The van der Waals surface area contributed by atoms with Crippen LogP contribution in [0, 0.1) is 5.92 Å². The molecule has 0 saturated carbocycles. The van der Waals surface area contributed by atoms with Gasteiger partial charge in [-0.2, -0.15) is 0 Å². The molecule has 1 aromatic rings. The number of rotatable bonds is 6. The molecule has 0 bridgehead atoms. The summed E-state index contributed by atoms with van der Waals surface area (Å²) in [7, 11) is 1.98. The molecule has 0 radical (unpaired) electrons. The van der Waals surface area contributed by atoms with Crippen LogP contribution in [-0.4, -0.2) is 20.1 Å². The summed E-state index contributed by atoms with van der Waals surface area (Å²) >= 11 is 0. The Morgan fingerprint density at radius 3 is 2.92 bits per heavy atom. The minimum absolute atomic E-state index is 0.653. The molecule has 1 atom stereocenters. The van der Waals surface area contributed by atoms with Crippen molar-refractivity contribution in [3.63, 3.8) is 0 Å². The van der Waals surface area contributed by atoms with Crippen LogP contribution >= 0.6 is 0 Å². The third kappa shape index (κ3) is 4.10. The maximum atomic E-state index is 5.20. The van der Waals surface area contributed by atoms with Crippen LogP contribution < -0.4 is 10.6 Å². The van der Waals surface area contributed by atoms with Gasteiger partial charge in [-0.1, -0.05) is 6.92 Å². The van der Waals surface area contributed by atoms with Crippen molar-refractivity contribution in [2.24, 2.45) is 5.92 Å². The highest BCUT2D eigenvalue weighted by Crippen LogP contribution is 1.99. The van der Waals surface area contributed by atoms with Gasteiger partial charge in [-0.05, 0) is 38.2 Å². The molecule has 1 heterocycles. The van der Waals surface area contributed by atoms with Crippen molar-refractivity contribution in [3.8, 4) is 0 Å². The zero-order valence-electron chi connectivity index (χ0n) is 8.34. The Balaban J connectivity index is 2.07. The molecule has 3 heteroatoms. The molecule has 0 aliphatic rings. The summed E-state index contributed by atoms with van der Waals surface area (Å²) in [5.41, 5.74) is 0. The summed E-state index contributed by atoms with van der Waals surface area (Å²) in [6, 6.07) is 3.89. The molecular formula is C10H18N2O. The van der Waals surface area contributed by atoms with Gasteiger partial charge in [-0.15, -0.1) is 0 Å². The maximum absolute atomic E-state index is 5.20. The topological polar surface area (TPSA) is 37.2 Å². The second-order valence-corrected chi connectivity index (χ2v) is 3.37.